The number of isothiocyanates is 1. The summed E-state index contributed by atoms with van der Waals surface area (Å²) in [5.41, 5.74) is -0.941. The Labute approximate surface area is 82.1 Å². The highest BCUT2D eigenvalue weighted by molar-refractivity contribution is 7.78. The average molecular weight is 217 g/mol. The van der Waals surface area contributed by atoms with E-state index in [2.05, 4.69) is 17.2 Å². The van der Waals surface area contributed by atoms with Crippen LogP contribution in [0.3, 0.4) is 0 Å². The Morgan fingerprint density at radius 1 is 1.29 bits per heavy atom. The Morgan fingerprint density at radius 2 is 1.79 bits per heavy atom. The SMILES string of the molecule is O=C(N=C=S)c1c(F)cc(F)cc1F. The van der Waals surface area contributed by atoms with Crippen molar-refractivity contribution in [2.45, 2.75) is 0 Å². The van der Waals surface area contributed by atoms with Crippen molar-refractivity contribution >= 4 is 23.3 Å². The molecule has 0 heterocycles. The van der Waals surface area contributed by atoms with Gasteiger partial charge in [-0.1, -0.05) is 0 Å². The first-order chi connectivity index (χ1) is 6.56. The Kier molecular flexibility index (Phi) is 3.11. The Bertz CT molecular complexity index is 417. The summed E-state index contributed by atoms with van der Waals surface area (Å²) in [4.78, 5) is 13.8. The molecule has 0 aromatic heterocycles. The van der Waals surface area contributed by atoms with Gasteiger partial charge in [0.25, 0.3) is 5.91 Å². The highest BCUT2D eigenvalue weighted by Gasteiger charge is 2.17. The van der Waals surface area contributed by atoms with Crippen molar-refractivity contribution in [1.82, 2.24) is 0 Å². The quantitative estimate of drug-likeness (QED) is 0.533. The van der Waals surface area contributed by atoms with Gasteiger partial charge in [-0.05, 0) is 12.2 Å². The molecule has 0 aliphatic carbocycles. The molecule has 0 spiro atoms. The molecular weight excluding hydrogens is 215 g/mol. The van der Waals surface area contributed by atoms with E-state index in [9.17, 15) is 18.0 Å². The normalized spacial score (nSPS) is 9.36. The van der Waals surface area contributed by atoms with Gasteiger partial charge in [-0.25, -0.2) is 13.2 Å². The highest BCUT2D eigenvalue weighted by Crippen LogP contribution is 2.15. The fourth-order valence-corrected chi connectivity index (χ4v) is 0.927. The molecule has 1 aromatic rings. The first-order valence-corrected chi connectivity index (χ1v) is 3.74. The van der Waals surface area contributed by atoms with Crippen LogP contribution in [0.15, 0.2) is 17.1 Å². The van der Waals surface area contributed by atoms with Gasteiger partial charge in [-0.15, -0.1) is 0 Å². The van der Waals surface area contributed by atoms with Crippen LogP contribution in [0, 0.1) is 17.5 Å². The van der Waals surface area contributed by atoms with Gasteiger partial charge in [0.2, 0.25) is 0 Å². The molecule has 0 aliphatic heterocycles. The number of thiocarbonyl (C=S) groups is 1. The van der Waals surface area contributed by atoms with Crippen molar-refractivity contribution in [2.75, 3.05) is 0 Å². The van der Waals surface area contributed by atoms with E-state index in [1.165, 1.54) is 0 Å². The van der Waals surface area contributed by atoms with Gasteiger partial charge in [0.1, 0.15) is 23.0 Å². The van der Waals surface area contributed by atoms with E-state index in [1.807, 2.05) is 0 Å². The van der Waals surface area contributed by atoms with Gasteiger partial charge >= 0.3 is 0 Å². The lowest BCUT2D eigenvalue weighted by Crippen LogP contribution is -2.03. The third-order valence-electron chi connectivity index (χ3n) is 1.37. The molecule has 6 heteroatoms. The molecule has 0 aliphatic rings. The number of hydrogen-bond donors (Lipinski definition) is 0. The molecule has 1 amide bonds. The lowest BCUT2D eigenvalue weighted by Gasteiger charge is -1.99. The first kappa shape index (κ1) is 10.6. The van der Waals surface area contributed by atoms with Gasteiger partial charge in [-0.2, -0.15) is 4.99 Å². The molecule has 0 saturated carbocycles. The summed E-state index contributed by atoms with van der Waals surface area (Å²) < 4.78 is 38.1. The number of nitrogens with zero attached hydrogens (tertiary/aromatic N) is 1. The lowest BCUT2D eigenvalue weighted by molar-refractivity contribution is 0.0995. The van der Waals surface area contributed by atoms with Crippen LogP contribution in [0.25, 0.3) is 0 Å². The van der Waals surface area contributed by atoms with Crippen molar-refractivity contribution in [3.05, 3.63) is 35.1 Å². The van der Waals surface area contributed by atoms with Crippen molar-refractivity contribution in [2.24, 2.45) is 4.99 Å². The molecule has 0 saturated heterocycles. The lowest BCUT2D eigenvalue weighted by atomic mass is 10.2. The van der Waals surface area contributed by atoms with Crippen LogP contribution >= 0.6 is 12.2 Å². The monoisotopic (exact) mass is 217 g/mol. The number of hydrogen-bond acceptors (Lipinski definition) is 2. The number of amides is 1. The molecule has 0 N–H and O–H groups in total. The summed E-state index contributed by atoms with van der Waals surface area (Å²) in [7, 11) is 0. The van der Waals surface area contributed by atoms with E-state index >= 15 is 0 Å². The van der Waals surface area contributed by atoms with Gasteiger partial charge in [0.15, 0.2) is 0 Å². The van der Waals surface area contributed by atoms with Crippen molar-refractivity contribution in [1.29, 1.82) is 0 Å². The van der Waals surface area contributed by atoms with Gasteiger partial charge in [0.05, 0.1) is 5.16 Å². The van der Waals surface area contributed by atoms with E-state index < -0.39 is 28.9 Å². The molecule has 1 rings (SSSR count). The molecule has 0 radical (unpaired) electrons. The third-order valence-corrected chi connectivity index (χ3v) is 1.46. The van der Waals surface area contributed by atoms with E-state index in [4.69, 9.17) is 0 Å². The minimum Gasteiger partial charge on any atom is -0.266 e. The standard InChI is InChI=1S/C8H2F3NOS/c9-4-1-5(10)7(6(11)2-4)8(13)12-3-14/h1-2H. The van der Waals surface area contributed by atoms with Crippen LogP contribution in [0.1, 0.15) is 10.4 Å². The molecular formula is C8H2F3NOS. The largest absolute Gasteiger partial charge is 0.291 e. The van der Waals surface area contributed by atoms with Crippen LogP contribution in [-0.2, 0) is 0 Å². The molecule has 72 valence electrons. The van der Waals surface area contributed by atoms with Crippen LogP contribution in [-0.4, -0.2) is 11.1 Å². The maximum absolute atomic E-state index is 12.9. The molecule has 2 nitrogen and oxygen atoms in total. The average Bonchev–Trinajstić information content (AvgIpc) is 2.01. The summed E-state index contributed by atoms with van der Waals surface area (Å²) in [6.45, 7) is 0. The summed E-state index contributed by atoms with van der Waals surface area (Å²) in [6, 6.07) is 0.768. The van der Waals surface area contributed by atoms with E-state index in [-0.39, 0.29) is 0 Å². The number of rotatable bonds is 1. The number of carbonyl (C=O) groups is 1. The highest BCUT2D eigenvalue weighted by atomic mass is 32.1. The molecule has 14 heavy (non-hydrogen) atoms. The second-order valence-corrected chi connectivity index (χ2v) is 2.44. The fraction of sp³-hybridized carbons (Fsp3) is 0. The van der Waals surface area contributed by atoms with Crippen LogP contribution in [0.5, 0.6) is 0 Å². The molecule has 0 fully saturated rings. The van der Waals surface area contributed by atoms with Gasteiger partial charge < -0.3 is 0 Å². The zero-order valence-electron chi connectivity index (χ0n) is 6.55. The molecule has 0 unspecified atom stereocenters. The fourth-order valence-electron chi connectivity index (χ4n) is 0.844. The zero-order chi connectivity index (χ0) is 10.7. The van der Waals surface area contributed by atoms with Crippen molar-refractivity contribution < 1.29 is 18.0 Å². The minimum absolute atomic E-state index is 0.384. The maximum Gasteiger partial charge on any atom is 0.291 e. The summed E-state index contributed by atoms with van der Waals surface area (Å²) in [5.74, 6) is -4.97. The zero-order valence-corrected chi connectivity index (χ0v) is 7.37. The van der Waals surface area contributed by atoms with Gasteiger partial charge in [0, 0.05) is 12.1 Å². The Morgan fingerprint density at radius 3 is 2.21 bits per heavy atom. The smallest absolute Gasteiger partial charge is 0.266 e. The van der Waals surface area contributed by atoms with Crippen LogP contribution in [0.4, 0.5) is 13.2 Å². The number of benzene rings is 1. The van der Waals surface area contributed by atoms with E-state index in [1.54, 1.807) is 5.16 Å². The number of carbonyl (C=O) groups excluding carboxylic acids is 1. The number of halogens is 3. The predicted octanol–water partition coefficient (Wildman–Crippen LogP) is 2.35. The molecule has 0 atom stereocenters. The van der Waals surface area contributed by atoms with Crippen LogP contribution < -0.4 is 0 Å². The van der Waals surface area contributed by atoms with E-state index in [0.717, 1.165) is 0 Å². The summed E-state index contributed by atoms with van der Waals surface area (Å²) in [6.07, 6.45) is 0. The Hall–Kier alpha value is -1.52. The molecule has 0 bridgehead atoms. The summed E-state index contributed by atoms with van der Waals surface area (Å²) in [5, 5.41) is 1.67. The van der Waals surface area contributed by atoms with E-state index in [0.29, 0.717) is 12.1 Å². The second-order valence-electron chi connectivity index (χ2n) is 2.25. The Balaban J connectivity index is 3.34. The third kappa shape index (κ3) is 2.04. The molecule has 1 aromatic carbocycles. The minimum atomic E-state index is -1.32. The summed E-state index contributed by atoms with van der Waals surface area (Å²) >= 11 is 4.08. The number of aliphatic imine (C=N–C) groups is 1. The van der Waals surface area contributed by atoms with Crippen LogP contribution in [0.2, 0.25) is 0 Å². The van der Waals surface area contributed by atoms with Crippen molar-refractivity contribution in [3.63, 3.8) is 0 Å². The topological polar surface area (TPSA) is 29.4 Å². The second kappa shape index (κ2) is 4.13. The van der Waals surface area contributed by atoms with Gasteiger partial charge in [-0.3, -0.25) is 4.79 Å². The maximum atomic E-state index is 12.9. The first-order valence-electron chi connectivity index (χ1n) is 3.33. The predicted molar refractivity (Wildman–Crippen MR) is 45.7 cm³/mol. The van der Waals surface area contributed by atoms with Crippen molar-refractivity contribution in [3.8, 4) is 0 Å².